The minimum Gasteiger partial charge on any atom is -0.393 e. The summed E-state index contributed by atoms with van der Waals surface area (Å²) in [5, 5.41) is 21.8. The second-order valence-corrected chi connectivity index (χ2v) is 5.32. The molecule has 0 fully saturated rings. The monoisotopic (exact) mass is 271 g/mol. The van der Waals surface area contributed by atoms with E-state index in [1.54, 1.807) is 6.92 Å². The Morgan fingerprint density at radius 2 is 1.55 bits per heavy atom. The van der Waals surface area contributed by atoms with Gasteiger partial charge < -0.3 is 15.5 Å². The van der Waals surface area contributed by atoms with Gasteiger partial charge in [-0.3, -0.25) is 0 Å². The summed E-state index contributed by atoms with van der Waals surface area (Å²) < 4.78 is 0. The molecule has 106 valence electrons. The van der Waals surface area contributed by atoms with Crippen molar-refractivity contribution in [2.45, 2.75) is 19.1 Å². The number of aliphatic hydroxyl groups excluding tert-OH is 1. The lowest BCUT2D eigenvalue weighted by Gasteiger charge is -2.20. The Balaban J connectivity index is 1.92. The number of hydrogen-bond donors (Lipinski definition) is 3. The van der Waals surface area contributed by atoms with Gasteiger partial charge in [0.1, 0.15) is 0 Å². The summed E-state index contributed by atoms with van der Waals surface area (Å²) in [5.74, 6) is 0. The van der Waals surface area contributed by atoms with E-state index in [4.69, 9.17) is 5.11 Å². The molecule has 1 unspecified atom stereocenters. The zero-order valence-electron chi connectivity index (χ0n) is 11.7. The smallest absolute Gasteiger partial charge is 0.0972 e. The second kappa shape index (κ2) is 6.66. The molecule has 0 aliphatic carbocycles. The fourth-order valence-electron chi connectivity index (χ4n) is 1.98. The molecule has 3 heteroatoms. The highest BCUT2D eigenvalue weighted by atomic mass is 16.3. The van der Waals surface area contributed by atoms with E-state index in [1.165, 1.54) is 11.1 Å². The molecule has 1 atom stereocenters. The summed E-state index contributed by atoms with van der Waals surface area (Å²) in [6.45, 7) is 2.40. The van der Waals surface area contributed by atoms with Crippen LogP contribution in [-0.4, -0.2) is 29.0 Å². The average Bonchev–Trinajstić information content (AvgIpc) is 2.49. The molecule has 0 amide bonds. The van der Waals surface area contributed by atoms with E-state index in [0.29, 0.717) is 13.1 Å². The van der Waals surface area contributed by atoms with Gasteiger partial charge in [-0.1, -0.05) is 54.6 Å². The summed E-state index contributed by atoms with van der Waals surface area (Å²) in [6.07, 6.45) is 0. The maximum atomic E-state index is 9.68. The largest absolute Gasteiger partial charge is 0.393 e. The van der Waals surface area contributed by atoms with Gasteiger partial charge in [0.2, 0.25) is 0 Å². The number of rotatable bonds is 6. The van der Waals surface area contributed by atoms with Crippen LogP contribution in [0.4, 0.5) is 0 Å². The molecule has 0 aliphatic rings. The van der Waals surface area contributed by atoms with E-state index in [2.05, 4.69) is 41.7 Å². The first-order valence-corrected chi connectivity index (χ1v) is 6.79. The summed E-state index contributed by atoms with van der Waals surface area (Å²) in [5.41, 5.74) is 2.48. The van der Waals surface area contributed by atoms with E-state index in [0.717, 1.165) is 5.56 Å². The van der Waals surface area contributed by atoms with Gasteiger partial charge in [0.05, 0.1) is 12.2 Å². The van der Waals surface area contributed by atoms with Crippen LogP contribution in [0.15, 0.2) is 54.6 Å². The molecule has 0 spiro atoms. The van der Waals surface area contributed by atoms with Crippen LogP contribution in [0, 0.1) is 0 Å². The van der Waals surface area contributed by atoms with Crippen molar-refractivity contribution in [2.75, 3.05) is 13.2 Å². The average molecular weight is 271 g/mol. The summed E-state index contributed by atoms with van der Waals surface area (Å²) in [4.78, 5) is 0. The molecular weight excluding hydrogens is 250 g/mol. The van der Waals surface area contributed by atoms with Crippen LogP contribution < -0.4 is 5.32 Å². The fraction of sp³-hybridized carbons (Fsp3) is 0.294. The molecule has 3 N–H and O–H groups in total. The highest BCUT2D eigenvalue weighted by Gasteiger charge is 2.17. The van der Waals surface area contributed by atoms with Gasteiger partial charge in [0, 0.05) is 13.1 Å². The van der Waals surface area contributed by atoms with Crippen LogP contribution in [0.3, 0.4) is 0 Å². The number of benzene rings is 2. The Labute approximate surface area is 119 Å². The minimum atomic E-state index is -1.07. The van der Waals surface area contributed by atoms with Gasteiger partial charge in [-0.25, -0.2) is 0 Å². The second-order valence-electron chi connectivity index (χ2n) is 5.32. The molecule has 0 saturated heterocycles. The van der Waals surface area contributed by atoms with Crippen molar-refractivity contribution >= 4 is 0 Å². The lowest BCUT2D eigenvalue weighted by atomic mass is 10.0. The predicted octanol–water partition coefficient (Wildman–Crippen LogP) is 2.19. The third kappa shape index (κ3) is 4.17. The lowest BCUT2D eigenvalue weighted by Crippen LogP contribution is -2.40. The standard InChI is InChI=1S/C17H21NO2/c1-17(20,13-19)12-18-11-14-7-9-16(10-8-14)15-5-3-2-4-6-15/h2-10,18-20H,11-13H2,1H3. The molecule has 20 heavy (non-hydrogen) atoms. The third-order valence-corrected chi connectivity index (χ3v) is 3.24. The van der Waals surface area contributed by atoms with Gasteiger partial charge in [-0.15, -0.1) is 0 Å². The number of nitrogens with one attached hydrogen (secondary N) is 1. The molecule has 2 rings (SSSR count). The molecule has 0 saturated carbocycles. The first-order valence-electron chi connectivity index (χ1n) is 6.79. The number of aliphatic hydroxyl groups is 2. The van der Waals surface area contributed by atoms with Crippen molar-refractivity contribution in [2.24, 2.45) is 0 Å². The van der Waals surface area contributed by atoms with Gasteiger partial charge in [0.25, 0.3) is 0 Å². The van der Waals surface area contributed by atoms with Crippen molar-refractivity contribution in [3.63, 3.8) is 0 Å². The third-order valence-electron chi connectivity index (χ3n) is 3.24. The molecular formula is C17H21NO2. The van der Waals surface area contributed by atoms with Crippen molar-refractivity contribution < 1.29 is 10.2 Å². The summed E-state index contributed by atoms with van der Waals surface area (Å²) >= 11 is 0. The van der Waals surface area contributed by atoms with E-state index >= 15 is 0 Å². The Bertz CT molecular complexity index is 520. The molecule has 0 bridgehead atoms. The molecule has 2 aromatic rings. The van der Waals surface area contributed by atoms with Crippen LogP contribution in [-0.2, 0) is 6.54 Å². The highest BCUT2D eigenvalue weighted by molar-refractivity contribution is 5.63. The van der Waals surface area contributed by atoms with E-state index in [1.807, 2.05) is 18.2 Å². The maximum Gasteiger partial charge on any atom is 0.0972 e. The van der Waals surface area contributed by atoms with Crippen LogP contribution in [0.25, 0.3) is 11.1 Å². The Morgan fingerprint density at radius 3 is 2.15 bits per heavy atom. The highest BCUT2D eigenvalue weighted by Crippen LogP contribution is 2.19. The van der Waals surface area contributed by atoms with E-state index < -0.39 is 5.60 Å². The van der Waals surface area contributed by atoms with Crippen LogP contribution in [0.2, 0.25) is 0 Å². The van der Waals surface area contributed by atoms with Crippen molar-refractivity contribution in [3.05, 3.63) is 60.2 Å². The lowest BCUT2D eigenvalue weighted by molar-refractivity contribution is 0.00254. The van der Waals surface area contributed by atoms with Gasteiger partial charge in [0.15, 0.2) is 0 Å². The van der Waals surface area contributed by atoms with Crippen LogP contribution in [0.1, 0.15) is 12.5 Å². The van der Waals surface area contributed by atoms with Crippen LogP contribution >= 0.6 is 0 Å². The van der Waals surface area contributed by atoms with E-state index in [-0.39, 0.29) is 6.61 Å². The van der Waals surface area contributed by atoms with Crippen molar-refractivity contribution in [3.8, 4) is 11.1 Å². The summed E-state index contributed by atoms with van der Waals surface area (Å²) in [6, 6.07) is 18.6. The number of hydrogen-bond acceptors (Lipinski definition) is 3. The van der Waals surface area contributed by atoms with Gasteiger partial charge in [-0.05, 0) is 23.6 Å². The minimum absolute atomic E-state index is 0.243. The topological polar surface area (TPSA) is 52.5 Å². The molecule has 0 aliphatic heterocycles. The predicted molar refractivity (Wildman–Crippen MR) is 81.3 cm³/mol. The zero-order chi connectivity index (χ0) is 14.4. The van der Waals surface area contributed by atoms with Crippen molar-refractivity contribution in [1.29, 1.82) is 0 Å². The molecule has 0 aromatic heterocycles. The maximum absolute atomic E-state index is 9.68. The SMILES string of the molecule is CC(O)(CO)CNCc1ccc(-c2ccccc2)cc1. The Morgan fingerprint density at radius 1 is 0.950 bits per heavy atom. The first-order chi connectivity index (χ1) is 9.61. The fourth-order valence-corrected chi connectivity index (χ4v) is 1.98. The molecule has 2 aromatic carbocycles. The Kier molecular flexibility index (Phi) is 4.90. The van der Waals surface area contributed by atoms with E-state index in [9.17, 15) is 5.11 Å². The first kappa shape index (κ1) is 14.7. The molecule has 3 nitrogen and oxygen atoms in total. The van der Waals surface area contributed by atoms with Gasteiger partial charge in [-0.2, -0.15) is 0 Å². The zero-order valence-corrected chi connectivity index (χ0v) is 11.7. The summed E-state index contributed by atoms with van der Waals surface area (Å²) in [7, 11) is 0. The van der Waals surface area contributed by atoms with Gasteiger partial charge >= 0.3 is 0 Å². The molecule has 0 radical (unpaired) electrons. The normalized spacial score (nSPS) is 13.9. The van der Waals surface area contributed by atoms with Crippen molar-refractivity contribution in [1.82, 2.24) is 5.32 Å². The molecule has 0 heterocycles. The van der Waals surface area contributed by atoms with Crippen LogP contribution in [0.5, 0.6) is 0 Å². The quantitative estimate of drug-likeness (QED) is 0.755. The Hall–Kier alpha value is -1.68.